The normalized spacial score (nSPS) is 11.8. The Morgan fingerprint density at radius 3 is 2.31 bits per heavy atom. The van der Waals surface area contributed by atoms with Gasteiger partial charge in [-0.2, -0.15) is 0 Å². The summed E-state index contributed by atoms with van der Waals surface area (Å²) in [6.07, 6.45) is 1.24. The fourth-order valence-corrected chi connectivity index (χ4v) is 4.02. The van der Waals surface area contributed by atoms with Crippen LogP contribution in [0.4, 0.5) is 0 Å². The minimum Gasteiger partial charge on any atom is -0.342 e. The standard InChI is InChI=1S/C27H23NO3S/c29-18-25(16-20-6-2-1-3-7-20)28-27(30)23-12-10-21(11-13-23)19-31-32-26-15-14-22-8-4-5-9-24(22)17-26/h1-15,17-18,25H,16,19H2,(H,28,30)/t25-/m0/s1. The van der Waals surface area contributed by atoms with Crippen molar-refractivity contribution in [2.24, 2.45) is 0 Å². The smallest absolute Gasteiger partial charge is 0.251 e. The molecule has 0 aliphatic heterocycles. The molecular weight excluding hydrogens is 418 g/mol. The molecule has 0 aliphatic rings. The summed E-state index contributed by atoms with van der Waals surface area (Å²) in [5, 5.41) is 5.17. The van der Waals surface area contributed by atoms with E-state index in [9.17, 15) is 9.59 Å². The molecule has 0 radical (unpaired) electrons. The minimum absolute atomic E-state index is 0.268. The van der Waals surface area contributed by atoms with E-state index in [4.69, 9.17) is 4.18 Å². The van der Waals surface area contributed by atoms with Gasteiger partial charge in [0.15, 0.2) is 0 Å². The van der Waals surface area contributed by atoms with E-state index in [1.54, 1.807) is 12.1 Å². The summed E-state index contributed by atoms with van der Waals surface area (Å²) in [6, 6.07) is 30.7. The predicted molar refractivity (Wildman–Crippen MR) is 129 cm³/mol. The lowest BCUT2D eigenvalue weighted by atomic mass is 10.1. The topological polar surface area (TPSA) is 55.4 Å². The van der Waals surface area contributed by atoms with Crippen molar-refractivity contribution in [3.05, 3.63) is 114 Å². The van der Waals surface area contributed by atoms with Gasteiger partial charge in [0.2, 0.25) is 0 Å². The minimum atomic E-state index is -0.564. The van der Waals surface area contributed by atoms with Crippen LogP contribution < -0.4 is 5.32 Å². The van der Waals surface area contributed by atoms with Crippen LogP contribution in [0.15, 0.2) is 102 Å². The summed E-state index contributed by atoms with van der Waals surface area (Å²) in [6.45, 7) is 0.421. The van der Waals surface area contributed by atoms with Crippen molar-refractivity contribution in [2.75, 3.05) is 0 Å². The summed E-state index contributed by atoms with van der Waals surface area (Å²) in [7, 11) is 0. The Hall–Kier alpha value is -3.41. The molecule has 0 saturated carbocycles. The molecular formula is C27H23NO3S. The molecule has 0 heterocycles. The van der Waals surface area contributed by atoms with Gasteiger partial charge in [-0.3, -0.25) is 4.79 Å². The number of hydrogen-bond acceptors (Lipinski definition) is 4. The Bertz CT molecular complexity index is 1190. The molecule has 4 aromatic rings. The average molecular weight is 442 g/mol. The Balaban J connectivity index is 1.29. The van der Waals surface area contributed by atoms with Gasteiger partial charge in [0.05, 0.1) is 12.6 Å². The Kier molecular flexibility index (Phi) is 7.33. The third kappa shape index (κ3) is 5.84. The van der Waals surface area contributed by atoms with E-state index in [2.05, 4.69) is 29.6 Å². The van der Waals surface area contributed by atoms with Crippen LogP contribution >= 0.6 is 12.0 Å². The van der Waals surface area contributed by atoms with E-state index in [1.807, 2.05) is 60.7 Å². The molecule has 0 unspecified atom stereocenters. The molecule has 4 aromatic carbocycles. The van der Waals surface area contributed by atoms with Crippen LogP contribution in [0, 0.1) is 0 Å². The third-order valence-corrected chi connectivity index (χ3v) is 5.78. The molecule has 4 nitrogen and oxygen atoms in total. The van der Waals surface area contributed by atoms with Gasteiger partial charge in [-0.05, 0) is 52.6 Å². The molecule has 160 valence electrons. The molecule has 1 atom stereocenters. The molecule has 0 fully saturated rings. The molecule has 32 heavy (non-hydrogen) atoms. The second kappa shape index (κ2) is 10.8. The zero-order chi connectivity index (χ0) is 22.2. The highest BCUT2D eigenvalue weighted by Crippen LogP contribution is 2.25. The maximum Gasteiger partial charge on any atom is 0.251 e. The third-order valence-electron chi connectivity index (χ3n) is 5.10. The first-order valence-corrected chi connectivity index (χ1v) is 11.1. The van der Waals surface area contributed by atoms with Crippen molar-refractivity contribution >= 4 is 35.0 Å². The van der Waals surface area contributed by atoms with Crippen molar-refractivity contribution in [2.45, 2.75) is 24.0 Å². The van der Waals surface area contributed by atoms with E-state index in [0.717, 1.165) is 22.3 Å². The number of rotatable bonds is 9. The molecule has 4 rings (SSSR count). The Morgan fingerprint density at radius 1 is 0.844 bits per heavy atom. The van der Waals surface area contributed by atoms with Crippen LogP contribution in [-0.2, 0) is 22.0 Å². The number of fused-ring (bicyclic) bond motifs is 1. The largest absolute Gasteiger partial charge is 0.342 e. The Labute approximate surface area is 191 Å². The van der Waals surface area contributed by atoms with E-state index in [0.29, 0.717) is 18.6 Å². The molecule has 1 N–H and O–H groups in total. The highest BCUT2D eigenvalue weighted by Gasteiger charge is 2.13. The first-order valence-electron chi connectivity index (χ1n) is 10.4. The van der Waals surface area contributed by atoms with E-state index in [-0.39, 0.29) is 5.91 Å². The molecule has 0 aliphatic carbocycles. The first kappa shape index (κ1) is 21.8. The van der Waals surface area contributed by atoms with E-state index >= 15 is 0 Å². The van der Waals surface area contributed by atoms with Crippen LogP contribution in [0.3, 0.4) is 0 Å². The fourth-order valence-electron chi connectivity index (χ4n) is 3.39. The Morgan fingerprint density at radius 2 is 1.56 bits per heavy atom. The zero-order valence-corrected chi connectivity index (χ0v) is 18.3. The van der Waals surface area contributed by atoms with Gasteiger partial charge < -0.3 is 14.3 Å². The van der Waals surface area contributed by atoms with Gasteiger partial charge in [0, 0.05) is 22.5 Å². The van der Waals surface area contributed by atoms with Crippen molar-refractivity contribution in [1.29, 1.82) is 0 Å². The van der Waals surface area contributed by atoms with Gasteiger partial charge in [-0.1, -0.05) is 72.8 Å². The van der Waals surface area contributed by atoms with Crippen molar-refractivity contribution in [3.8, 4) is 0 Å². The van der Waals surface area contributed by atoms with E-state index in [1.165, 1.54) is 22.8 Å². The fraction of sp³-hybridized carbons (Fsp3) is 0.111. The first-order chi connectivity index (χ1) is 15.7. The molecule has 5 heteroatoms. The van der Waals surface area contributed by atoms with Crippen LogP contribution in [0.25, 0.3) is 10.8 Å². The maximum absolute atomic E-state index is 12.5. The van der Waals surface area contributed by atoms with Gasteiger partial charge in [0.1, 0.15) is 6.29 Å². The molecule has 1 amide bonds. The molecule has 0 spiro atoms. The quantitative estimate of drug-likeness (QED) is 0.271. The predicted octanol–water partition coefficient (Wildman–Crippen LogP) is 5.60. The number of carbonyl (C=O) groups excluding carboxylic acids is 2. The summed E-state index contributed by atoms with van der Waals surface area (Å²) >= 11 is 1.33. The van der Waals surface area contributed by atoms with Gasteiger partial charge >= 0.3 is 0 Å². The second-order valence-corrected chi connectivity index (χ2v) is 8.33. The SMILES string of the molecule is O=C[C@H](Cc1ccccc1)NC(=O)c1ccc(COSc2ccc3ccccc3c2)cc1. The zero-order valence-electron chi connectivity index (χ0n) is 17.4. The second-order valence-electron chi connectivity index (χ2n) is 7.46. The van der Waals surface area contributed by atoms with Crippen LogP contribution in [0.5, 0.6) is 0 Å². The lowest BCUT2D eigenvalue weighted by Crippen LogP contribution is -2.37. The lowest BCUT2D eigenvalue weighted by molar-refractivity contribution is -0.109. The summed E-state index contributed by atoms with van der Waals surface area (Å²) < 4.78 is 5.77. The number of benzene rings is 4. The number of hydrogen-bond donors (Lipinski definition) is 1. The number of carbonyl (C=O) groups is 2. The van der Waals surface area contributed by atoms with Gasteiger partial charge in [-0.25, -0.2) is 0 Å². The van der Waals surface area contributed by atoms with Crippen molar-refractivity contribution < 1.29 is 13.8 Å². The number of amides is 1. The lowest BCUT2D eigenvalue weighted by Gasteiger charge is -2.13. The van der Waals surface area contributed by atoms with Crippen molar-refractivity contribution in [1.82, 2.24) is 5.32 Å². The maximum atomic E-state index is 12.5. The molecule has 0 aromatic heterocycles. The number of nitrogens with one attached hydrogen (secondary N) is 1. The van der Waals surface area contributed by atoms with Crippen molar-refractivity contribution in [3.63, 3.8) is 0 Å². The highest BCUT2D eigenvalue weighted by molar-refractivity contribution is 7.94. The van der Waals surface area contributed by atoms with E-state index < -0.39 is 6.04 Å². The van der Waals surface area contributed by atoms with Crippen LogP contribution in [0.2, 0.25) is 0 Å². The van der Waals surface area contributed by atoms with Gasteiger partial charge in [0.25, 0.3) is 5.91 Å². The molecule has 0 bridgehead atoms. The average Bonchev–Trinajstić information content (AvgIpc) is 2.84. The van der Waals surface area contributed by atoms with Gasteiger partial charge in [-0.15, -0.1) is 0 Å². The number of aldehydes is 1. The van der Waals surface area contributed by atoms with Crippen LogP contribution in [0.1, 0.15) is 21.5 Å². The monoisotopic (exact) mass is 441 g/mol. The summed E-state index contributed by atoms with van der Waals surface area (Å²) in [5.41, 5.74) is 2.48. The summed E-state index contributed by atoms with van der Waals surface area (Å²) in [5.74, 6) is -0.268. The summed E-state index contributed by atoms with van der Waals surface area (Å²) in [4.78, 5) is 25.0. The highest BCUT2D eigenvalue weighted by atomic mass is 32.2. The molecule has 0 saturated heterocycles. The van der Waals surface area contributed by atoms with Crippen LogP contribution in [-0.4, -0.2) is 18.2 Å².